The van der Waals surface area contributed by atoms with Crippen LogP contribution in [0.1, 0.15) is 39.5 Å². The first-order chi connectivity index (χ1) is 4.33. The van der Waals surface area contributed by atoms with Crippen LogP contribution in [0.15, 0.2) is 0 Å². The van der Waals surface area contributed by atoms with Gasteiger partial charge in [-0.1, -0.05) is 13.8 Å². The maximum absolute atomic E-state index is 5.64. The van der Waals surface area contributed by atoms with Crippen molar-refractivity contribution < 1.29 is 4.74 Å². The Labute approximate surface area is 82.3 Å². The predicted molar refractivity (Wildman–Crippen MR) is 44.3 cm³/mol. The molecule has 1 rings (SSSR count). The van der Waals surface area contributed by atoms with Gasteiger partial charge in [-0.3, -0.25) is 0 Å². The van der Waals surface area contributed by atoms with Crippen molar-refractivity contribution in [2.45, 2.75) is 45.1 Å². The number of hydrogen-bond donors (Lipinski definition) is 0. The SMILES string of the molecule is CCC1(CC)CCCO1.[In+3]. The topological polar surface area (TPSA) is 9.23 Å². The third-order valence-electron chi connectivity index (χ3n) is 2.47. The van der Waals surface area contributed by atoms with Crippen LogP contribution in [0.25, 0.3) is 0 Å². The third-order valence-corrected chi connectivity index (χ3v) is 2.47. The Morgan fingerprint density at radius 3 is 2.10 bits per heavy atom. The maximum Gasteiger partial charge on any atom is 3.00 e. The Balaban J connectivity index is 0.000000810. The fourth-order valence-electron chi connectivity index (χ4n) is 1.56. The van der Waals surface area contributed by atoms with Gasteiger partial charge in [0.25, 0.3) is 0 Å². The molecule has 2 heteroatoms. The molecule has 0 unspecified atom stereocenters. The van der Waals surface area contributed by atoms with Crippen LogP contribution >= 0.6 is 0 Å². The Morgan fingerprint density at radius 1 is 1.30 bits per heavy atom. The summed E-state index contributed by atoms with van der Waals surface area (Å²) in [6, 6.07) is 0. The average Bonchev–Trinajstić information content (AvgIpc) is 2.36. The fraction of sp³-hybridized carbons (Fsp3) is 1.00. The van der Waals surface area contributed by atoms with Crippen LogP contribution in [0.2, 0.25) is 0 Å². The molecule has 0 N–H and O–H groups in total. The quantitative estimate of drug-likeness (QED) is 0.720. The molecule has 1 nitrogen and oxygen atoms in total. The molecule has 0 amide bonds. The van der Waals surface area contributed by atoms with Gasteiger partial charge in [0.15, 0.2) is 0 Å². The van der Waals surface area contributed by atoms with Gasteiger partial charge in [0.05, 0.1) is 5.60 Å². The van der Waals surface area contributed by atoms with Crippen LogP contribution in [0.5, 0.6) is 0 Å². The van der Waals surface area contributed by atoms with Crippen molar-refractivity contribution in [3.8, 4) is 0 Å². The van der Waals surface area contributed by atoms with Crippen molar-refractivity contribution in [2.75, 3.05) is 6.61 Å². The van der Waals surface area contributed by atoms with E-state index in [1.54, 1.807) is 0 Å². The summed E-state index contributed by atoms with van der Waals surface area (Å²) in [4.78, 5) is 0. The van der Waals surface area contributed by atoms with Gasteiger partial charge in [0, 0.05) is 6.61 Å². The van der Waals surface area contributed by atoms with Gasteiger partial charge in [0.1, 0.15) is 0 Å². The van der Waals surface area contributed by atoms with Gasteiger partial charge in [-0.2, -0.15) is 0 Å². The van der Waals surface area contributed by atoms with Crippen molar-refractivity contribution in [3.63, 3.8) is 0 Å². The van der Waals surface area contributed by atoms with Crippen LogP contribution in [-0.2, 0) is 4.74 Å². The molecule has 1 aliphatic heterocycles. The molecule has 0 spiro atoms. The first-order valence-corrected chi connectivity index (χ1v) is 3.97. The molecule has 0 saturated carbocycles. The molecule has 0 aromatic heterocycles. The van der Waals surface area contributed by atoms with E-state index in [2.05, 4.69) is 13.8 Å². The molecular formula is C8H16InO+3. The van der Waals surface area contributed by atoms with Crippen LogP contribution in [-0.4, -0.2) is 38.1 Å². The first kappa shape index (κ1) is 10.8. The van der Waals surface area contributed by atoms with Gasteiger partial charge in [0.2, 0.25) is 0 Å². The number of hydrogen-bond acceptors (Lipinski definition) is 1. The Kier molecular flexibility index (Phi) is 5.04. The Bertz CT molecular complexity index is 81.3. The molecule has 1 saturated heterocycles. The van der Waals surface area contributed by atoms with E-state index < -0.39 is 0 Å². The second kappa shape index (κ2) is 4.66. The summed E-state index contributed by atoms with van der Waals surface area (Å²) < 4.78 is 5.64. The summed E-state index contributed by atoms with van der Waals surface area (Å²) in [5.74, 6) is 0. The molecule has 0 bridgehead atoms. The summed E-state index contributed by atoms with van der Waals surface area (Å²) in [6.45, 7) is 5.42. The minimum Gasteiger partial charge on any atom is -0.375 e. The summed E-state index contributed by atoms with van der Waals surface area (Å²) in [5.41, 5.74) is 0.278. The van der Waals surface area contributed by atoms with E-state index in [0.29, 0.717) is 0 Å². The van der Waals surface area contributed by atoms with Gasteiger partial charge in [-0.25, -0.2) is 0 Å². The molecular weight excluding hydrogens is 227 g/mol. The summed E-state index contributed by atoms with van der Waals surface area (Å²) in [5, 5.41) is 0. The van der Waals surface area contributed by atoms with Crippen LogP contribution in [0.4, 0.5) is 0 Å². The van der Waals surface area contributed by atoms with Crippen molar-refractivity contribution >= 4 is 25.8 Å². The van der Waals surface area contributed by atoms with Crippen LogP contribution in [0, 0.1) is 0 Å². The van der Waals surface area contributed by atoms with E-state index in [9.17, 15) is 0 Å². The minimum atomic E-state index is 0. The molecule has 10 heavy (non-hydrogen) atoms. The summed E-state index contributed by atoms with van der Waals surface area (Å²) in [7, 11) is 0. The monoisotopic (exact) mass is 243 g/mol. The van der Waals surface area contributed by atoms with E-state index in [1.807, 2.05) is 0 Å². The van der Waals surface area contributed by atoms with E-state index >= 15 is 0 Å². The molecule has 54 valence electrons. The maximum atomic E-state index is 5.64. The molecule has 0 aromatic rings. The zero-order chi connectivity index (χ0) is 6.74. The molecule has 1 heterocycles. The second-order valence-electron chi connectivity index (χ2n) is 2.84. The molecule has 0 aromatic carbocycles. The molecule has 0 aliphatic carbocycles. The average molecular weight is 243 g/mol. The van der Waals surface area contributed by atoms with Gasteiger partial charge in [-0.15, -0.1) is 0 Å². The van der Waals surface area contributed by atoms with Crippen molar-refractivity contribution in [2.24, 2.45) is 0 Å². The number of ether oxygens (including phenoxy) is 1. The van der Waals surface area contributed by atoms with Gasteiger partial charge < -0.3 is 4.74 Å². The zero-order valence-corrected chi connectivity index (χ0v) is 10.3. The van der Waals surface area contributed by atoms with E-state index in [-0.39, 0.29) is 31.4 Å². The second-order valence-corrected chi connectivity index (χ2v) is 2.84. The molecule has 0 atom stereocenters. The molecule has 1 fully saturated rings. The summed E-state index contributed by atoms with van der Waals surface area (Å²) in [6.07, 6.45) is 4.91. The first-order valence-electron chi connectivity index (χ1n) is 3.97. The standard InChI is InChI=1S/C8H16O.In/c1-3-8(4-2)6-5-7-9-8;/h3-7H2,1-2H3;/q;+3. The molecule has 1 aliphatic rings. The normalized spacial score (nSPS) is 22.2. The summed E-state index contributed by atoms with van der Waals surface area (Å²) >= 11 is 0. The van der Waals surface area contributed by atoms with Crippen molar-refractivity contribution in [1.29, 1.82) is 0 Å². The van der Waals surface area contributed by atoms with Crippen LogP contribution < -0.4 is 0 Å². The van der Waals surface area contributed by atoms with E-state index in [0.717, 1.165) is 6.61 Å². The number of rotatable bonds is 2. The Morgan fingerprint density at radius 2 is 1.90 bits per heavy atom. The van der Waals surface area contributed by atoms with Gasteiger partial charge in [-0.05, 0) is 25.7 Å². The van der Waals surface area contributed by atoms with E-state index in [4.69, 9.17) is 4.74 Å². The third kappa shape index (κ3) is 2.16. The van der Waals surface area contributed by atoms with Crippen LogP contribution in [0.3, 0.4) is 0 Å². The smallest absolute Gasteiger partial charge is 0.375 e. The zero-order valence-electron chi connectivity index (χ0n) is 7.02. The Hall–Kier alpha value is 0.830. The van der Waals surface area contributed by atoms with Crippen molar-refractivity contribution in [1.82, 2.24) is 0 Å². The fourth-order valence-corrected chi connectivity index (χ4v) is 1.56. The largest absolute Gasteiger partial charge is 3.00 e. The van der Waals surface area contributed by atoms with Crippen molar-refractivity contribution in [3.05, 3.63) is 0 Å². The van der Waals surface area contributed by atoms with Gasteiger partial charge >= 0.3 is 25.8 Å². The molecule has 0 radical (unpaired) electrons. The predicted octanol–water partition coefficient (Wildman–Crippen LogP) is 1.97. The van der Waals surface area contributed by atoms with E-state index in [1.165, 1.54) is 25.7 Å². The minimum absolute atomic E-state index is 0.